The van der Waals surface area contributed by atoms with Gasteiger partial charge in [0.1, 0.15) is 5.75 Å². The SMILES string of the molecule is C=C(C)C(=O)Oc1ccc2c(N)c(N)ccc2c1. The third kappa shape index (κ3) is 2.13. The number of esters is 1. The first-order chi connectivity index (χ1) is 8.49. The number of nitrogen functional groups attached to an aromatic ring is 2. The molecule has 2 rings (SSSR count). The van der Waals surface area contributed by atoms with Crippen molar-refractivity contribution in [2.24, 2.45) is 0 Å². The topological polar surface area (TPSA) is 78.3 Å². The van der Waals surface area contributed by atoms with Gasteiger partial charge in [-0.1, -0.05) is 12.6 Å². The largest absolute Gasteiger partial charge is 0.423 e. The van der Waals surface area contributed by atoms with E-state index in [2.05, 4.69) is 6.58 Å². The molecule has 0 radical (unpaired) electrons. The molecule has 0 unspecified atom stereocenters. The van der Waals surface area contributed by atoms with Gasteiger partial charge in [-0.3, -0.25) is 0 Å². The van der Waals surface area contributed by atoms with Crippen molar-refractivity contribution in [3.8, 4) is 5.75 Å². The van der Waals surface area contributed by atoms with E-state index in [0.29, 0.717) is 22.7 Å². The molecule has 0 aliphatic heterocycles. The molecule has 0 aliphatic carbocycles. The van der Waals surface area contributed by atoms with Crippen LogP contribution in [-0.4, -0.2) is 5.97 Å². The molecule has 4 heteroatoms. The van der Waals surface area contributed by atoms with Crippen LogP contribution in [0.5, 0.6) is 5.75 Å². The van der Waals surface area contributed by atoms with Gasteiger partial charge in [0.2, 0.25) is 0 Å². The lowest BCUT2D eigenvalue weighted by molar-refractivity contribution is -0.130. The van der Waals surface area contributed by atoms with Gasteiger partial charge in [0.05, 0.1) is 11.4 Å². The van der Waals surface area contributed by atoms with Crippen LogP contribution in [0.25, 0.3) is 10.8 Å². The second-order valence-corrected chi connectivity index (χ2v) is 4.12. The van der Waals surface area contributed by atoms with Crippen LogP contribution in [0.15, 0.2) is 42.5 Å². The number of rotatable bonds is 2. The zero-order chi connectivity index (χ0) is 13.3. The third-order valence-electron chi connectivity index (χ3n) is 2.63. The first-order valence-corrected chi connectivity index (χ1v) is 5.44. The number of anilines is 2. The Bertz CT molecular complexity index is 648. The highest BCUT2D eigenvalue weighted by Crippen LogP contribution is 2.29. The minimum absolute atomic E-state index is 0.354. The summed E-state index contributed by atoms with van der Waals surface area (Å²) >= 11 is 0. The van der Waals surface area contributed by atoms with Crippen LogP contribution < -0.4 is 16.2 Å². The number of ether oxygens (including phenoxy) is 1. The first kappa shape index (κ1) is 12.0. The van der Waals surface area contributed by atoms with E-state index < -0.39 is 5.97 Å². The maximum Gasteiger partial charge on any atom is 0.338 e. The van der Waals surface area contributed by atoms with Crippen molar-refractivity contribution in [3.63, 3.8) is 0 Å². The zero-order valence-corrected chi connectivity index (χ0v) is 10.1. The van der Waals surface area contributed by atoms with Crippen molar-refractivity contribution < 1.29 is 9.53 Å². The van der Waals surface area contributed by atoms with E-state index in [9.17, 15) is 4.79 Å². The normalized spacial score (nSPS) is 10.3. The van der Waals surface area contributed by atoms with Gasteiger partial charge in [0.15, 0.2) is 0 Å². The van der Waals surface area contributed by atoms with Crippen molar-refractivity contribution in [3.05, 3.63) is 42.5 Å². The van der Waals surface area contributed by atoms with Crippen LogP contribution >= 0.6 is 0 Å². The van der Waals surface area contributed by atoms with E-state index in [-0.39, 0.29) is 0 Å². The predicted octanol–water partition coefficient (Wildman–Crippen LogP) is 2.49. The van der Waals surface area contributed by atoms with E-state index in [4.69, 9.17) is 16.2 Å². The van der Waals surface area contributed by atoms with Gasteiger partial charge >= 0.3 is 5.97 Å². The van der Waals surface area contributed by atoms with Gasteiger partial charge < -0.3 is 16.2 Å². The lowest BCUT2D eigenvalue weighted by atomic mass is 10.1. The molecule has 0 aromatic heterocycles. The summed E-state index contributed by atoms with van der Waals surface area (Å²) in [6.07, 6.45) is 0. The second-order valence-electron chi connectivity index (χ2n) is 4.12. The highest BCUT2D eigenvalue weighted by Gasteiger charge is 2.07. The quantitative estimate of drug-likeness (QED) is 0.367. The molecule has 2 aromatic rings. The van der Waals surface area contributed by atoms with Gasteiger partial charge in [-0.25, -0.2) is 4.79 Å². The van der Waals surface area contributed by atoms with Gasteiger partial charge in [-0.2, -0.15) is 0 Å². The lowest BCUT2D eigenvalue weighted by Crippen LogP contribution is -2.08. The van der Waals surface area contributed by atoms with E-state index >= 15 is 0 Å². The fourth-order valence-corrected chi connectivity index (χ4v) is 1.61. The van der Waals surface area contributed by atoms with Crippen molar-refractivity contribution in [2.75, 3.05) is 11.5 Å². The van der Waals surface area contributed by atoms with Crippen LogP contribution in [-0.2, 0) is 4.79 Å². The summed E-state index contributed by atoms with van der Waals surface area (Å²) in [4.78, 5) is 11.4. The summed E-state index contributed by atoms with van der Waals surface area (Å²) in [7, 11) is 0. The molecule has 0 atom stereocenters. The fraction of sp³-hybridized carbons (Fsp3) is 0.0714. The minimum atomic E-state index is -0.447. The summed E-state index contributed by atoms with van der Waals surface area (Å²) in [6.45, 7) is 5.13. The molecule has 0 fully saturated rings. The molecular formula is C14H14N2O2. The molecule has 18 heavy (non-hydrogen) atoms. The number of hydrogen-bond donors (Lipinski definition) is 2. The Balaban J connectivity index is 2.43. The number of hydrogen-bond acceptors (Lipinski definition) is 4. The molecule has 0 aliphatic rings. The standard InChI is InChI=1S/C14H14N2O2/c1-8(2)14(17)18-10-4-5-11-9(7-10)3-6-12(15)13(11)16/h3-7H,1,15-16H2,2H3. The molecule has 4 nitrogen and oxygen atoms in total. The summed E-state index contributed by atoms with van der Waals surface area (Å²) in [5, 5.41) is 1.71. The van der Waals surface area contributed by atoms with Gasteiger partial charge in [0.25, 0.3) is 0 Å². The van der Waals surface area contributed by atoms with E-state index in [1.807, 2.05) is 6.07 Å². The lowest BCUT2D eigenvalue weighted by Gasteiger charge is -2.08. The van der Waals surface area contributed by atoms with Crippen molar-refractivity contribution >= 4 is 28.1 Å². The van der Waals surface area contributed by atoms with Crippen LogP contribution in [0.4, 0.5) is 11.4 Å². The Morgan fingerprint density at radius 1 is 1.22 bits per heavy atom. The maximum absolute atomic E-state index is 11.4. The predicted molar refractivity (Wildman–Crippen MR) is 73.2 cm³/mol. The highest BCUT2D eigenvalue weighted by atomic mass is 16.5. The molecule has 0 amide bonds. The smallest absolute Gasteiger partial charge is 0.338 e. The molecule has 92 valence electrons. The number of nitrogens with two attached hydrogens (primary N) is 2. The van der Waals surface area contributed by atoms with Gasteiger partial charge in [0, 0.05) is 11.0 Å². The molecule has 0 heterocycles. The van der Waals surface area contributed by atoms with Crippen molar-refractivity contribution in [1.82, 2.24) is 0 Å². The molecule has 0 spiro atoms. The first-order valence-electron chi connectivity index (χ1n) is 5.44. The van der Waals surface area contributed by atoms with E-state index in [1.165, 1.54) is 0 Å². The molecule has 0 saturated heterocycles. The molecule has 4 N–H and O–H groups in total. The van der Waals surface area contributed by atoms with Crippen LogP contribution in [0.3, 0.4) is 0 Å². The summed E-state index contributed by atoms with van der Waals surface area (Å²) in [6, 6.07) is 8.76. The van der Waals surface area contributed by atoms with Crippen LogP contribution in [0.1, 0.15) is 6.92 Å². The maximum atomic E-state index is 11.4. The van der Waals surface area contributed by atoms with Crippen molar-refractivity contribution in [1.29, 1.82) is 0 Å². The van der Waals surface area contributed by atoms with E-state index in [1.54, 1.807) is 31.2 Å². The minimum Gasteiger partial charge on any atom is -0.423 e. The number of carbonyl (C=O) groups is 1. The summed E-state index contributed by atoms with van der Waals surface area (Å²) in [5.41, 5.74) is 13.0. The van der Waals surface area contributed by atoms with E-state index in [0.717, 1.165) is 10.8 Å². The fourth-order valence-electron chi connectivity index (χ4n) is 1.61. The van der Waals surface area contributed by atoms with Gasteiger partial charge in [-0.15, -0.1) is 0 Å². The number of benzene rings is 2. The summed E-state index contributed by atoms with van der Waals surface area (Å²) < 4.78 is 5.14. The Labute approximate surface area is 105 Å². The number of fused-ring (bicyclic) bond motifs is 1. The Morgan fingerprint density at radius 2 is 1.94 bits per heavy atom. The summed E-state index contributed by atoms with van der Waals surface area (Å²) in [5.74, 6) is 0.0115. The van der Waals surface area contributed by atoms with Gasteiger partial charge in [-0.05, 0) is 36.6 Å². The average molecular weight is 242 g/mol. The average Bonchev–Trinajstić information content (AvgIpc) is 2.34. The Hall–Kier alpha value is -2.49. The highest BCUT2D eigenvalue weighted by molar-refractivity contribution is 5.99. The molecule has 0 bridgehead atoms. The molecular weight excluding hydrogens is 228 g/mol. The monoisotopic (exact) mass is 242 g/mol. The zero-order valence-electron chi connectivity index (χ0n) is 10.1. The van der Waals surface area contributed by atoms with Crippen LogP contribution in [0, 0.1) is 0 Å². The Morgan fingerprint density at radius 3 is 2.61 bits per heavy atom. The Kier molecular flexibility index (Phi) is 2.93. The molecule has 0 saturated carbocycles. The van der Waals surface area contributed by atoms with Crippen molar-refractivity contribution in [2.45, 2.75) is 6.92 Å². The second kappa shape index (κ2) is 4.41. The van der Waals surface area contributed by atoms with Crippen LogP contribution in [0.2, 0.25) is 0 Å². The third-order valence-corrected chi connectivity index (χ3v) is 2.63. The number of carbonyl (C=O) groups excluding carboxylic acids is 1. The molecule has 2 aromatic carbocycles.